The lowest BCUT2D eigenvalue weighted by Gasteiger charge is -2.28. The van der Waals surface area contributed by atoms with Crippen LogP contribution in [0, 0.1) is 5.92 Å². The van der Waals surface area contributed by atoms with Crippen LogP contribution >= 0.6 is 0 Å². The Balaban J connectivity index is 1.49. The molecule has 0 aromatic heterocycles. The van der Waals surface area contributed by atoms with Crippen molar-refractivity contribution in [1.29, 1.82) is 0 Å². The second kappa shape index (κ2) is 7.35. The standard InChI is InChI=1S/C19H28N2O2/c1-13(2)23-18-6-4-3-5-15(18)12-20-19(22)11-14-9-16-7-8-17(10-14)21-16/h3-6,13-14,16-17,21H,7-12H2,1-2H3,(H,20,22). The van der Waals surface area contributed by atoms with Crippen LogP contribution in [-0.4, -0.2) is 24.1 Å². The normalized spacial score (nSPS) is 26.3. The van der Waals surface area contributed by atoms with Crippen molar-refractivity contribution in [1.82, 2.24) is 10.6 Å². The second-order valence-corrected chi connectivity index (χ2v) is 7.23. The highest BCUT2D eigenvalue weighted by molar-refractivity contribution is 5.76. The van der Waals surface area contributed by atoms with E-state index in [9.17, 15) is 4.79 Å². The lowest BCUT2D eigenvalue weighted by atomic mass is 9.89. The van der Waals surface area contributed by atoms with Gasteiger partial charge in [-0.1, -0.05) is 18.2 Å². The van der Waals surface area contributed by atoms with Crippen LogP contribution in [0.15, 0.2) is 24.3 Å². The van der Waals surface area contributed by atoms with Gasteiger partial charge in [0, 0.05) is 30.6 Å². The molecule has 2 bridgehead atoms. The Morgan fingerprint density at radius 2 is 1.96 bits per heavy atom. The first-order chi connectivity index (χ1) is 11.1. The Morgan fingerprint density at radius 3 is 2.65 bits per heavy atom. The summed E-state index contributed by atoms with van der Waals surface area (Å²) >= 11 is 0. The molecule has 2 aliphatic rings. The van der Waals surface area contributed by atoms with E-state index in [1.807, 2.05) is 38.1 Å². The van der Waals surface area contributed by atoms with E-state index in [1.165, 1.54) is 12.8 Å². The van der Waals surface area contributed by atoms with Gasteiger partial charge in [-0.25, -0.2) is 0 Å². The average Bonchev–Trinajstić information content (AvgIpc) is 2.85. The summed E-state index contributed by atoms with van der Waals surface area (Å²) in [6.45, 7) is 4.57. The van der Waals surface area contributed by atoms with Gasteiger partial charge >= 0.3 is 0 Å². The highest BCUT2D eigenvalue weighted by atomic mass is 16.5. The van der Waals surface area contributed by atoms with Gasteiger partial charge in [0.15, 0.2) is 0 Å². The van der Waals surface area contributed by atoms with E-state index in [4.69, 9.17) is 4.74 Å². The first-order valence-corrected chi connectivity index (χ1v) is 8.87. The van der Waals surface area contributed by atoms with E-state index < -0.39 is 0 Å². The van der Waals surface area contributed by atoms with Crippen LogP contribution in [0.2, 0.25) is 0 Å². The number of piperidine rings is 1. The second-order valence-electron chi connectivity index (χ2n) is 7.23. The molecule has 1 amide bonds. The molecule has 2 saturated heterocycles. The molecule has 2 fully saturated rings. The minimum Gasteiger partial charge on any atom is -0.491 e. The lowest BCUT2D eigenvalue weighted by Crippen LogP contribution is -2.39. The molecular weight excluding hydrogens is 288 g/mol. The highest BCUT2D eigenvalue weighted by Gasteiger charge is 2.34. The van der Waals surface area contributed by atoms with Gasteiger partial charge in [0.2, 0.25) is 5.91 Å². The molecule has 2 atom stereocenters. The summed E-state index contributed by atoms with van der Waals surface area (Å²) in [5, 5.41) is 6.70. The number of rotatable bonds is 6. The van der Waals surface area contributed by atoms with Crippen molar-refractivity contribution < 1.29 is 9.53 Å². The first-order valence-electron chi connectivity index (χ1n) is 8.87. The minimum absolute atomic E-state index is 0.136. The third-order valence-electron chi connectivity index (χ3n) is 4.86. The molecule has 0 saturated carbocycles. The maximum Gasteiger partial charge on any atom is 0.220 e. The molecule has 4 heteroatoms. The molecule has 2 unspecified atom stereocenters. The zero-order valence-electron chi connectivity index (χ0n) is 14.2. The van der Waals surface area contributed by atoms with Crippen molar-refractivity contribution in [3.8, 4) is 5.75 Å². The summed E-state index contributed by atoms with van der Waals surface area (Å²) in [5.41, 5.74) is 1.04. The molecule has 0 spiro atoms. The zero-order chi connectivity index (χ0) is 16.2. The van der Waals surface area contributed by atoms with Gasteiger partial charge in [-0.15, -0.1) is 0 Å². The van der Waals surface area contributed by atoms with Gasteiger partial charge in [0.05, 0.1) is 6.10 Å². The monoisotopic (exact) mass is 316 g/mol. The fourth-order valence-electron chi connectivity index (χ4n) is 3.89. The smallest absolute Gasteiger partial charge is 0.220 e. The number of hydrogen-bond donors (Lipinski definition) is 2. The van der Waals surface area contributed by atoms with Gasteiger partial charge < -0.3 is 15.4 Å². The molecule has 126 valence electrons. The van der Waals surface area contributed by atoms with Gasteiger partial charge in [-0.3, -0.25) is 4.79 Å². The van der Waals surface area contributed by atoms with Crippen molar-refractivity contribution in [3.63, 3.8) is 0 Å². The first kappa shape index (κ1) is 16.3. The van der Waals surface area contributed by atoms with Crippen molar-refractivity contribution in [3.05, 3.63) is 29.8 Å². The Kier molecular flexibility index (Phi) is 5.21. The molecule has 0 radical (unpaired) electrons. The molecular formula is C19H28N2O2. The average molecular weight is 316 g/mol. The Hall–Kier alpha value is -1.55. The zero-order valence-corrected chi connectivity index (χ0v) is 14.2. The van der Waals surface area contributed by atoms with Crippen molar-refractivity contribution in [2.24, 2.45) is 5.92 Å². The molecule has 4 nitrogen and oxygen atoms in total. The number of amides is 1. The number of nitrogens with one attached hydrogen (secondary N) is 2. The minimum atomic E-state index is 0.136. The fraction of sp³-hybridized carbons (Fsp3) is 0.632. The van der Waals surface area contributed by atoms with Crippen LogP contribution in [0.25, 0.3) is 0 Å². The topological polar surface area (TPSA) is 50.4 Å². The number of ether oxygens (including phenoxy) is 1. The summed E-state index contributed by atoms with van der Waals surface area (Å²) in [6, 6.07) is 9.22. The van der Waals surface area contributed by atoms with E-state index in [2.05, 4.69) is 10.6 Å². The number of carbonyl (C=O) groups excluding carboxylic acids is 1. The van der Waals surface area contributed by atoms with Crippen LogP contribution < -0.4 is 15.4 Å². The number of para-hydroxylation sites is 1. The largest absolute Gasteiger partial charge is 0.491 e. The predicted octanol–water partition coefficient (Wildman–Crippen LogP) is 3.01. The summed E-state index contributed by atoms with van der Waals surface area (Å²) in [5.74, 6) is 1.56. The molecule has 3 rings (SSSR count). The summed E-state index contributed by atoms with van der Waals surface area (Å²) in [6.07, 6.45) is 5.65. The van der Waals surface area contributed by atoms with Gasteiger partial charge in [-0.05, 0) is 51.5 Å². The molecule has 1 aromatic carbocycles. The van der Waals surface area contributed by atoms with E-state index in [0.717, 1.165) is 24.2 Å². The third kappa shape index (κ3) is 4.47. The molecule has 1 aromatic rings. The third-order valence-corrected chi connectivity index (χ3v) is 4.86. The number of benzene rings is 1. The van der Waals surface area contributed by atoms with Gasteiger partial charge in [-0.2, -0.15) is 0 Å². The SMILES string of the molecule is CC(C)Oc1ccccc1CNC(=O)CC1CC2CCC(C1)N2. The van der Waals surface area contributed by atoms with Gasteiger partial charge in [0.1, 0.15) is 5.75 Å². The Bertz CT molecular complexity index is 532. The van der Waals surface area contributed by atoms with Crippen LogP contribution in [0.1, 0.15) is 51.5 Å². The van der Waals surface area contributed by atoms with Gasteiger partial charge in [0.25, 0.3) is 0 Å². The molecule has 2 heterocycles. The summed E-state index contributed by atoms with van der Waals surface area (Å²) < 4.78 is 5.80. The van der Waals surface area contributed by atoms with Crippen LogP contribution in [-0.2, 0) is 11.3 Å². The van der Waals surface area contributed by atoms with Crippen molar-refractivity contribution in [2.75, 3.05) is 0 Å². The van der Waals surface area contributed by atoms with E-state index in [0.29, 0.717) is 31.0 Å². The molecule has 0 aliphatic carbocycles. The maximum absolute atomic E-state index is 12.3. The molecule has 2 aliphatic heterocycles. The van der Waals surface area contributed by atoms with E-state index >= 15 is 0 Å². The van der Waals surface area contributed by atoms with E-state index in [-0.39, 0.29) is 12.0 Å². The quantitative estimate of drug-likeness (QED) is 0.848. The lowest BCUT2D eigenvalue weighted by molar-refractivity contribution is -0.122. The van der Waals surface area contributed by atoms with Crippen molar-refractivity contribution in [2.45, 2.75) is 70.7 Å². The van der Waals surface area contributed by atoms with Crippen molar-refractivity contribution >= 4 is 5.91 Å². The van der Waals surface area contributed by atoms with Crippen LogP contribution in [0.5, 0.6) is 5.75 Å². The van der Waals surface area contributed by atoms with Crippen LogP contribution in [0.3, 0.4) is 0 Å². The Labute approximate surface area is 139 Å². The predicted molar refractivity (Wildman–Crippen MR) is 91.3 cm³/mol. The number of hydrogen-bond acceptors (Lipinski definition) is 3. The fourth-order valence-corrected chi connectivity index (χ4v) is 3.89. The summed E-state index contributed by atoms with van der Waals surface area (Å²) in [7, 11) is 0. The highest BCUT2D eigenvalue weighted by Crippen LogP contribution is 2.32. The Morgan fingerprint density at radius 1 is 1.26 bits per heavy atom. The molecule has 2 N–H and O–H groups in total. The van der Waals surface area contributed by atoms with E-state index in [1.54, 1.807) is 0 Å². The summed E-state index contributed by atoms with van der Waals surface area (Å²) in [4.78, 5) is 12.3. The maximum atomic E-state index is 12.3. The number of carbonyl (C=O) groups is 1. The molecule has 23 heavy (non-hydrogen) atoms. The number of fused-ring (bicyclic) bond motifs is 2. The van der Waals surface area contributed by atoms with Crippen LogP contribution in [0.4, 0.5) is 0 Å².